The van der Waals surface area contributed by atoms with Crippen molar-refractivity contribution in [3.05, 3.63) is 73.9 Å². The van der Waals surface area contributed by atoms with Gasteiger partial charge in [-0.3, -0.25) is 19.9 Å². The lowest BCUT2D eigenvalue weighted by Crippen LogP contribution is -2.28. The van der Waals surface area contributed by atoms with E-state index in [2.05, 4.69) is 10.3 Å². The first-order valence-corrected chi connectivity index (χ1v) is 8.50. The van der Waals surface area contributed by atoms with Gasteiger partial charge in [0.2, 0.25) is 5.91 Å². The highest BCUT2D eigenvalue weighted by Gasteiger charge is 2.24. The van der Waals surface area contributed by atoms with Crippen LogP contribution in [0.2, 0.25) is 10.0 Å². The Kier molecular flexibility index (Phi) is 5.16. The van der Waals surface area contributed by atoms with E-state index in [1.807, 2.05) is 0 Å². The van der Waals surface area contributed by atoms with Crippen LogP contribution >= 0.6 is 23.2 Å². The van der Waals surface area contributed by atoms with E-state index >= 15 is 0 Å². The number of nitro groups is 1. The minimum atomic E-state index is -0.995. The zero-order chi connectivity index (χ0) is 19.7. The third-order valence-corrected chi connectivity index (χ3v) is 4.54. The van der Waals surface area contributed by atoms with Crippen LogP contribution in [0.3, 0.4) is 0 Å². The van der Waals surface area contributed by atoms with E-state index in [0.717, 1.165) is 6.07 Å². The van der Waals surface area contributed by atoms with E-state index in [1.54, 1.807) is 12.1 Å². The number of carbonyl (C=O) groups excluding carboxylic acids is 1. The summed E-state index contributed by atoms with van der Waals surface area (Å²) in [6.07, 6.45) is 1.37. The van der Waals surface area contributed by atoms with Crippen molar-refractivity contribution in [2.75, 3.05) is 0 Å². The zero-order valence-corrected chi connectivity index (χ0v) is 15.4. The lowest BCUT2D eigenvalue weighted by molar-refractivity contribution is -0.383. The van der Waals surface area contributed by atoms with Gasteiger partial charge in [0.05, 0.1) is 21.9 Å². The Bertz CT molecular complexity index is 1070. The number of amides is 1. The van der Waals surface area contributed by atoms with Crippen molar-refractivity contribution in [3.63, 3.8) is 0 Å². The van der Waals surface area contributed by atoms with E-state index in [-0.39, 0.29) is 27.2 Å². The first-order valence-electron chi connectivity index (χ1n) is 7.74. The summed E-state index contributed by atoms with van der Waals surface area (Å²) in [6.45, 7) is 1.27. The molecule has 0 aliphatic carbocycles. The van der Waals surface area contributed by atoms with Crippen LogP contribution < -0.4 is 10.4 Å². The van der Waals surface area contributed by atoms with E-state index in [1.165, 1.54) is 31.3 Å². The molecule has 0 radical (unpaired) electrons. The molecule has 1 aromatic heterocycles. The monoisotopic (exact) mass is 404 g/mol. The van der Waals surface area contributed by atoms with Crippen molar-refractivity contribution in [1.82, 2.24) is 10.3 Å². The number of aromatic nitrogens is 1. The molecule has 0 saturated carbocycles. The van der Waals surface area contributed by atoms with Crippen molar-refractivity contribution in [1.29, 1.82) is 0 Å². The van der Waals surface area contributed by atoms with Crippen LogP contribution in [0.5, 0.6) is 5.75 Å². The fourth-order valence-corrected chi connectivity index (χ4v) is 3.37. The van der Waals surface area contributed by atoms with Gasteiger partial charge in [-0.2, -0.15) is 0 Å². The molecule has 3 rings (SSSR count). The largest absolute Gasteiger partial charge is 0.871 e. The summed E-state index contributed by atoms with van der Waals surface area (Å²) in [7, 11) is 0. The van der Waals surface area contributed by atoms with Crippen molar-refractivity contribution in [3.8, 4) is 5.75 Å². The first-order chi connectivity index (χ1) is 12.8. The van der Waals surface area contributed by atoms with Gasteiger partial charge >= 0.3 is 0 Å². The summed E-state index contributed by atoms with van der Waals surface area (Å²) < 4.78 is 0. The van der Waals surface area contributed by atoms with Crippen LogP contribution in [0.15, 0.2) is 42.6 Å². The second-order valence-electron chi connectivity index (χ2n) is 5.77. The molecule has 27 heavy (non-hydrogen) atoms. The van der Waals surface area contributed by atoms with Crippen LogP contribution in [0.1, 0.15) is 24.1 Å². The van der Waals surface area contributed by atoms with Gasteiger partial charge < -0.3 is 10.4 Å². The fourth-order valence-electron chi connectivity index (χ4n) is 2.85. The number of pyridine rings is 1. The minimum Gasteiger partial charge on any atom is -0.871 e. The van der Waals surface area contributed by atoms with Gasteiger partial charge in [0.15, 0.2) is 0 Å². The summed E-state index contributed by atoms with van der Waals surface area (Å²) in [5.74, 6) is -0.963. The van der Waals surface area contributed by atoms with Crippen LogP contribution in [0.4, 0.5) is 5.69 Å². The fraction of sp³-hybridized carbons (Fsp3) is 0.111. The smallest absolute Gasteiger partial charge is 0.279 e. The molecule has 1 atom stereocenters. The molecule has 0 aliphatic rings. The molecular formula is C18H12Cl2N3O4-. The average molecular weight is 405 g/mol. The molecule has 0 unspecified atom stereocenters. The normalized spacial score (nSPS) is 12.0. The number of hydrogen-bond acceptors (Lipinski definition) is 5. The van der Waals surface area contributed by atoms with Crippen molar-refractivity contribution in [2.24, 2.45) is 0 Å². The number of nitrogens with one attached hydrogen (secondary N) is 1. The predicted octanol–water partition coefficient (Wildman–Crippen LogP) is 3.75. The van der Waals surface area contributed by atoms with Crippen molar-refractivity contribution < 1.29 is 14.8 Å². The lowest BCUT2D eigenvalue weighted by Gasteiger charge is -2.26. The molecule has 7 nitrogen and oxygen atoms in total. The van der Waals surface area contributed by atoms with Crippen molar-refractivity contribution in [2.45, 2.75) is 13.0 Å². The standard InChI is InChI=1S/C18H13Cl2N3O4/c1-9(24)22-16(11-5-4-10(19)7-14(11)20)13-8-15(23(26)27)12-3-2-6-21-17(12)18(13)25/h2-8,16,25H,1H3,(H,22,24)/p-1/t16-/m1/s1. The Balaban J connectivity index is 2.32. The number of halogens is 2. The van der Waals surface area contributed by atoms with Crippen LogP contribution in [-0.2, 0) is 4.79 Å². The summed E-state index contributed by atoms with van der Waals surface area (Å²) in [6, 6.07) is 7.69. The van der Waals surface area contributed by atoms with Crippen LogP contribution in [-0.4, -0.2) is 15.8 Å². The third-order valence-electron chi connectivity index (χ3n) is 3.98. The quantitative estimate of drug-likeness (QED) is 0.525. The molecule has 138 valence electrons. The average Bonchev–Trinajstić information content (AvgIpc) is 2.60. The second kappa shape index (κ2) is 7.38. The van der Waals surface area contributed by atoms with Gasteiger partial charge in [-0.25, -0.2) is 0 Å². The molecule has 0 aliphatic heterocycles. The van der Waals surface area contributed by atoms with Gasteiger partial charge in [-0.15, -0.1) is 0 Å². The molecular weight excluding hydrogens is 393 g/mol. The number of carbonyl (C=O) groups is 1. The molecule has 1 amide bonds. The molecule has 9 heteroatoms. The molecule has 1 N–H and O–H groups in total. The number of nitro benzene ring substituents is 1. The first kappa shape index (κ1) is 18.9. The van der Waals surface area contributed by atoms with Crippen LogP contribution in [0, 0.1) is 10.1 Å². The molecule has 0 saturated heterocycles. The highest BCUT2D eigenvalue weighted by molar-refractivity contribution is 6.35. The van der Waals surface area contributed by atoms with E-state index in [0.29, 0.717) is 10.6 Å². The Labute approximate surface area is 163 Å². The summed E-state index contributed by atoms with van der Waals surface area (Å²) in [5.41, 5.74) is 0.0422. The van der Waals surface area contributed by atoms with E-state index < -0.39 is 22.6 Å². The maximum atomic E-state index is 13.0. The third kappa shape index (κ3) is 3.65. The molecule has 0 fully saturated rings. The number of hydrogen-bond donors (Lipinski definition) is 1. The zero-order valence-electron chi connectivity index (χ0n) is 13.9. The van der Waals surface area contributed by atoms with Crippen LogP contribution in [0.25, 0.3) is 10.9 Å². The Morgan fingerprint density at radius 1 is 1.22 bits per heavy atom. The highest BCUT2D eigenvalue weighted by atomic mass is 35.5. The number of non-ortho nitro benzene ring substituents is 1. The topological polar surface area (TPSA) is 108 Å². The number of rotatable bonds is 4. The molecule has 0 bridgehead atoms. The molecule has 3 aromatic rings. The van der Waals surface area contributed by atoms with E-state index in [4.69, 9.17) is 23.2 Å². The second-order valence-corrected chi connectivity index (χ2v) is 6.61. The number of nitrogens with zero attached hydrogens (tertiary/aromatic N) is 2. The SMILES string of the molecule is CC(=O)N[C@H](c1ccc(Cl)cc1Cl)c1cc([N+](=O)[O-])c2cccnc2c1[O-]. The van der Waals surface area contributed by atoms with E-state index in [9.17, 15) is 20.0 Å². The van der Waals surface area contributed by atoms with Gasteiger partial charge in [0.1, 0.15) is 0 Å². The number of benzene rings is 2. The molecule has 1 heterocycles. The predicted molar refractivity (Wildman–Crippen MR) is 100.0 cm³/mol. The molecule has 2 aromatic carbocycles. The highest BCUT2D eigenvalue weighted by Crippen LogP contribution is 2.39. The van der Waals surface area contributed by atoms with Crippen molar-refractivity contribution >= 4 is 45.7 Å². The van der Waals surface area contributed by atoms with Gasteiger partial charge in [-0.1, -0.05) is 35.0 Å². The van der Waals surface area contributed by atoms with Gasteiger partial charge in [0.25, 0.3) is 5.69 Å². The number of fused-ring (bicyclic) bond motifs is 1. The Hall–Kier alpha value is -2.90. The summed E-state index contributed by atoms with van der Waals surface area (Å²) in [5, 5.41) is 27.8. The maximum absolute atomic E-state index is 13.0. The minimum absolute atomic E-state index is 0.00711. The summed E-state index contributed by atoms with van der Waals surface area (Å²) >= 11 is 12.2. The molecule has 0 spiro atoms. The Morgan fingerprint density at radius 3 is 2.59 bits per heavy atom. The lowest BCUT2D eigenvalue weighted by atomic mass is 9.95. The maximum Gasteiger partial charge on any atom is 0.279 e. The summed E-state index contributed by atoms with van der Waals surface area (Å²) in [4.78, 5) is 26.7. The van der Waals surface area contributed by atoms with Gasteiger partial charge in [-0.05, 0) is 35.4 Å². The Morgan fingerprint density at radius 2 is 1.96 bits per heavy atom. The van der Waals surface area contributed by atoms with Gasteiger partial charge in [0, 0.05) is 29.2 Å².